The van der Waals surface area contributed by atoms with E-state index in [1.807, 2.05) is 42.5 Å². The van der Waals surface area contributed by atoms with E-state index in [0.29, 0.717) is 12.4 Å². The largest absolute Gasteiger partial charge is 0.493 e. The molecule has 114 valence electrons. The van der Waals surface area contributed by atoms with Crippen LogP contribution in [0.25, 0.3) is 0 Å². The smallest absolute Gasteiger partial charge is 0.161 e. The highest BCUT2D eigenvalue weighted by molar-refractivity contribution is 9.10. The lowest BCUT2D eigenvalue weighted by Gasteiger charge is -2.12. The Bertz CT molecular complexity index is 684. The van der Waals surface area contributed by atoms with Crippen LogP contribution >= 0.6 is 15.9 Å². The van der Waals surface area contributed by atoms with Gasteiger partial charge in [-0.2, -0.15) is 0 Å². The summed E-state index contributed by atoms with van der Waals surface area (Å²) in [6.07, 6.45) is 0. The lowest BCUT2D eigenvalue weighted by molar-refractivity contribution is 0.284. The van der Waals surface area contributed by atoms with Gasteiger partial charge in [0.15, 0.2) is 11.5 Å². The van der Waals surface area contributed by atoms with Crippen LogP contribution in [0.3, 0.4) is 0 Å². The molecular formula is C17H17BrN2O2. The van der Waals surface area contributed by atoms with Crippen LogP contribution in [-0.2, 0) is 6.61 Å². The number of methoxy groups -OCH3 is 1. The van der Waals surface area contributed by atoms with Gasteiger partial charge in [0.25, 0.3) is 0 Å². The number of benzene rings is 2. The Labute approximate surface area is 138 Å². The first-order valence-electron chi connectivity index (χ1n) is 7.10. The quantitative estimate of drug-likeness (QED) is 0.888. The molecule has 1 N–H and O–H groups in total. The number of ether oxygens (including phenoxy) is 2. The fourth-order valence-corrected chi connectivity index (χ4v) is 2.53. The van der Waals surface area contributed by atoms with Crippen LogP contribution in [-0.4, -0.2) is 26.0 Å². The molecule has 0 amide bonds. The van der Waals surface area contributed by atoms with E-state index in [1.165, 1.54) is 0 Å². The third kappa shape index (κ3) is 3.42. The summed E-state index contributed by atoms with van der Waals surface area (Å²) in [6, 6.07) is 13.9. The van der Waals surface area contributed by atoms with E-state index in [-0.39, 0.29) is 0 Å². The van der Waals surface area contributed by atoms with Gasteiger partial charge in [0.1, 0.15) is 12.4 Å². The minimum Gasteiger partial charge on any atom is -0.493 e. The summed E-state index contributed by atoms with van der Waals surface area (Å²) in [7, 11) is 1.65. The standard InChI is InChI=1S/C17H17BrN2O2/c1-21-16-10-13(17-19-8-9-20-17)4-7-15(16)22-11-12-2-5-14(18)6-3-12/h2-7,10H,8-9,11H2,1H3,(H,19,20). The molecule has 3 rings (SSSR count). The van der Waals surface area contributed by atoms with Gasteiger partial charge in [-0.15, -0.1) is 0 Å². The highest BCUT2D eigenvalue weighted by Crippen LogP contribution is 2.29. The summed E-state index contributed by atoms with van der Waals surface area (Å²) < 4.78 is 12.4. The molecule has 1 heterocycles. The maximum Gasteiger partial charge on any atom is 0.161 e. The summed E-state index contributed by atoms with van der Waals surface area (Å²) in [4.78, 5) is 4.42. The zero-order valence-corrected chi connectivity index (χ0v) is 13.9. The predicted molar refractivity (Wildman–Crippen MR) is 90.9 cm³/mol. The van der Waals surface area contributed by atoms with Gasteiger partial charge in [-0.05, 0) is 35.9 Å². The Hall–Kier alpha value is -2.01. The number of hydrogen-bond acceptors (Lipinski definition) is 4. The van der Waals surface area contributed by atoms with Gasteiger partial charge < -0.3 is 14.8 Å². The van der Waals surface area contributed by atoms with Crippen LogP contribution < -0.4 is 14.8 Å². The number of aliphatic imine (C=N–C) groups is 1. The maximum atomic E-state index is 5.87. The van der Waals surface area contributed by atoms with Gasteiger partial charge in [-0.3, -0.25) is 4.99 Å². The third-order valence-corrected chi connectivity index (χ3v) is 3.95. The zero-order chi connectivity index (χ0) is 15.4. The molecule has 0 fully saturated rings. The van der Waals surface area contributed by atoms with E-state index in [0.717, 1.165) is 40.3 Å². The Morgan fingerprint density at radius 3 is 2.64 bits per heavy atom. The van der Waals surface area contributed by atoms with Crippen LogP contribution in [0.4, 0.5) is 0 Å². The van der Waals surface area contributed by atoms with Crippen molar-refractivity contribution in [3.63, 3.8) is 0 Å². The molecule has 0 saturated carbocycles. The molecule has 4 nitrogen and oxygen atoms in total. The molecule has 0 aliphatic carbocycles. The lowest BCUT2D eigenvalue weighted by Crippen LogP contribution is -2.19. The van der Waals surface area contributed by atoms with Crippen molar-refractivity contribution in [2.45, 2.75) is 6.61 Å². The minimum absolute atomic E-state index is 0.502. The number of rotatable bonds is 5. The molecule has 0 radical (unpaired) electrons. The number of amidine groups is 1. The van der Waals surface area contributed by atoms with E-state index in [9.17, 15) is 0 Å². The van der Waals surface area contributed by atoms with Crippen molar-refractivity contribution in [3.8, 4) is 11.5 Å². The highest BCUT2D eigenvalue weighted by atomic mass is 79.9. The summed E-state index contributed by atoms with van der Waals surface area (Å²) >= 11 is 3.43. The van der Waals surface area contributed by atoms with E-state index >= 15 is 0 Å². The molecule has 0 aromatic heterocycles. The average Bonchev–Trinajstić information content (AvgIpc) is 3.08. The van der Waals surface area contributed by atoms with E-state index in [1.54, 1.807) is 7.11 Å². The molecule has 1 aliphatic rings. The SMILES string of the molecule is COc1cc(C2=NCCN2)ccc1OCc1ccc(Br)cc1. The first-order valence-corrected chi connectivity index (χ1v) is 7.89. The predicted octanol–water partition coefficient (Wildman–Crippen LogP) is 3.39. The number of halogens is 1. The van der Waals surface area contributed by atoms with Crippen molar-refractivity contribution >= 4 is 21.8 Å². The van der Waals surface area contributed by atoms with Crippen LogP contribution in [0.1, 0.15) is 11.1 Å². The van der Waals surface area contributed by atoms with Gasteiger partial charge in [-0.25, -0.2) is 0 Å². The van der Waals surface area contributed by atoms with Crippen LogP contribution in [0.15, 0.2) is 51.9 Å². The maximum absolute atomic E-state index is 5.87. The molecular weight excluding hydrogens is 344 g/mol. The fraction of sp³-hybridized carbons (Fsp3) is 0.235. The van der Waals surface area contributed by atoms with E-state index < -0.39 is 0 Å². The Morgan fingerprint density at radius 1 is 1.14 bits per heavy atom. The van der Waals surface area contributed by atoms with E-state index in [2.05, 4.69) is 26.2 Å². The van der Waals surface area contributed by atoms with E-state index in [4.69, 9.17) is 9.47 Å². The molecule has 2 aromatic carbocycles. The van der Waals surface area contributed by atoms with Crippen LogP contribution in [0.5, 0.6) is 11.5 Å². The molecule has 0 atom stereocenters. The summed E-state index contributed by atoms with van der Waals surface area (Å²) in [5.41, 5.74) is 2.13. The second kappa shape index (κ2) is 6.83. The molecule has 0 unspecified atom stereocenters. The molecule has 22 heavy (non-hydrogen) atoms. The zero-order valence-electron chi connectivity index (χ0n) is 12.3. The second-order valence-corrected chi connectivity index (χ2v) is 5.85. The van der Waals surface area contributed by atoms with Crippen molar-refractivity contribution in [2.75, 3.05) is 20.2 Å². The minimum atomic E-state index is 0.502. The topological polar surface area (TPSA) is 42.8 Å². The highest BCUT2D eigenvalue weighted by Gasteiger charge is 2.12. The Balaban J connectivity index is 1.74. The first-order chi connectivity index (χ1) is 10.8. The lowest BCUT2D eigenvalue weighted by atomic mass is 10.2. The molecule has 1 aliphatic heterocycles. The molecule has 0 spiro atoms. The number of nitrogens with one attached hydrogen (secondary N) is 1. The normalized spacial score (nSPS) is 13.5. The number of nitrogens with zero attached hydrogens (tertiary/aromatic N) is 1. The van der Waals surface area contributed by atoms with Crippen molar-refractivity contribution in [2.24, 2.45) is 4.99 Å². The molecule has 2 aromatic rings. The van der Waals surface area contributed by atoms with Crippen molar-refractivity contribution in [3.05, 3.63) is 58.1 Å². The summed E-state index contributed by atoms with van der Waals surface area (Å²) in [6.45, 7) is 2.21. The Kier molecular flexibility index (Phi) is 4.63. The average molecular weight is 361 g/mol. The monoisotopic (exact) mass is 360 g/mol. The van der Waals surface area contributed by atoms with Gasteiger partial charge in [0.2, 0.25) is 0 Å². The summed E-state index contributed by atoms with van der Waals surface area (Å²) in [5, 5.41) is 3.26. The van der Waals surface area contributed by atoms with Crippen molar-refractivity contribution in [1.29, 1.82) is 0 Å². The molecule has 5 heteroatoms. The summed E-state index contributed by atoms with van der Waals surface area (Å²) in [5.74, 6) is 2.36. The van der Waals surface area contributed by atoms with Gasteiger partial charge in [0.05, 0.1) is 13.7 Å². The fourth-order valence-electron chi connectivity index (χ4n) is 2.27. The first kappa shape index (κ1) is 14.9. The van der Waals surface area contributed by atoms with Crippen molar-refractivity contribution < 1.29 is 9.47 Å². The van der Waals surface area contributed by atoms with Gasteiger partial charge >= 0.3 is 0 Å². The van der Waals surface area contributed by atoms with Crippen molar-refractivity contribution in [1.82, 2.24) is 5.32 Å². The van der Waals surface area contributed by atoms with Gasteiger partial charge in [0, 0.05) is 16.6 Å². The third-order valence-electron chi connectivity index (χ3n) is 3.42. The van der Waals surface area contributed by atoms with Crippen LogP contribution in [0, 0.1) is 0 Å². The second-order valence-electron chi connectivity index (χ2n) is 4.94. The number of hydrogen-bond donors (Lipinski definition) is 1. The molecule has 0 bridgehead atoms. The van der Waals surface area contributed by atoms with Crippen LogP contribution in [0.2, 0.25) is 0 Å². The van der Waals surface area contributed by atoms with Gasteiger partial charge in [-0.1, -0.05) is 28.1 Å². The Morgan fingerprint density at radius 2 is 1.95 bits per heavy atom. The molecule has 0 saturated heterocycles.